The number of halogens is 2. The smallest absolute Gasteiger partial charge is 0.167 e. The minimum Gasteiger partial charge on any atom is -0.351 e. The van der Waals surface area contributed by atoms with Gasteiger partial charge in [-0.15, -0.1) is 0 Å². The maximum Gasteiger partial charge on any atom is 0.167 e. The van der Waals surface area contributed by atoms with Crippen LogP contribution >= 0.6 is 15.9 Å². The van der Waals surface area contributed by atoms with Crippen molar-refractivity contribution in [3.8, 4) is 0 Å². The molecule has 2 aromatic rings. The van der Waals surface area contributed by atoms with Crippen LogP contribution in [0.2, 0.25) is 0 Å². The molecule has 66 valence electrons. The molecule has 4 heteroatoms. The second kappa shape index (κ2) is 2.96. The van der Waals surface area contributed by atoms with Crippen LogP contribution in [0.15, 0.2) is 22.7 Å². The fourth-order valence-corrected chi connectivity index (χ4v) is 1.75. The van der Waals surface area contributed by atoms with E-state index in [0.29, 0.717) is 21.8 Å². The van der Waals surface area contributed by atoms with Gasteiger partial charge in [0, 0.05) is 10.9 Å². The predicted molar refractivity (Wildman–Crippen MR) is 51.3 cm³/mol. The molecular weight excluding hydrogens is 237 g/mol. The Hall–Kier alpha value is -1.16. The normalized spacial score (nSPS) is 10.6. The molecule has 0 saturated carbocycles. The van der Waals surface area contributed by atoms with Crippen LogP contribution in [0.3, 0.4) is 0 Å². The van der Waals surface area contributed by atoms with Gasteiger partial charge in [0.2, 0.25) is 0 Å². The highest BCUT2D eigenvalue weighted by Crippen LogP contribution is 2.27. The molecule has 0 aliphatic heterocycles. The minimum atomic E-state index is -0.315. The van der Waals surface area contributed by atoms with E-state index >= 15 is 0 Å². The lowest BCUT2D eigenvalue weighted by atomic mass is 10.2. The van der Waals surface area contributed by atoms with E-state index in [1.54, 1.807) is 6.07 Å². The molecule has 1 heterocycles. The number of hydrogen-bond acceptors (Lipinski definition) is 1. The van der Waals surface area contributed by atoms with Gasteiger partial charge >= 0.3 is 0 Å². The molecule has 1 aromatic carbocycles. The number of H-pyrrole nitrogens is 1. The van der Waals surface area contributed by atoms with E-state index in [1.807, 2.05) is 0 Å². The number of aldehydes is 1. The van der Waals surface area contributed by atoms with Crippen molar-refractivity contribution in [2.75, 3.05) is 0 Å². The topological polar surface area (TPSA) is 32.9 Å². The third kappa shape index (κ3) is 1.27. The van der Waals surface area contributed by atoms with Gasteiger partial charge in [0.05, 0.1) is 10.2 Å². The molecule has 0 unspecified atom stereocenters. The summed E-state index contributed by atoms with van der Waals surface area (Å²) in [4.78, 5) is 13.4. The maximum absolute atomic E-state index is 12.8. The van der Waals surface area contributed by atoms with Crippen molar-refractivity contribution >= 4 is 33.1 Å². The molecule has 13 heavy (non-hydrogen) atoms. The Balaban J connectivity index is 2.84. The number of rotatable bonds is 1. The van der Waals surface area contributed by atoms with Gasteiger partial charge in [-0.3, -0.25) is 4.79 Å². The highest BCUT2D eigenvalue weighted by atomic mass is 79.9. The predicted octanol–water partition coefficient (Wildman–Crippen LogP) is 2.88. The van der Waals surface area contributed by atoms with E-state index in [4.69, 9.17) is 0 Å². The summed E-state index contributed by atoms with van der Waals surface area (Å²) in [5, 5.41) is 0.683. The number of aromatic nitrogens is 1. The first kappa shape index (κ1) is 8.44. The Morgan fingerprint density at radius 1 is 1.46 bits per heavy atom. The van der Waals surface area contributed by atoms with Gasteiger partial charge in [0.1, 0.15) is 5.82 Å². The van der Waals surface area contributed by atoms with E-state index in [0.717, 1.165) is 5.52 Å². The number of hydrogen-bond donors (Lipinski definition) is 1. The van der Waals surface area contributed by atoms with E-state index in [-0.39, 0.29) is 5.82 Å². The lowest BCUT2D eigenvalue weighted by Gasteiger charge is -1.89. The highest BCUT2D eigenvalue weighted by Gasteiger charge is 2.08. The van der Waals surface area contributed by atoms with Crippen molar-refractivity contribution in [3.63, 3.8) is 0 Å². The lowest BCUT2D eigenvalue weighted by Crippen LogP contribution is -1.76. The Bertz CT molecular complexity index is 478. The molecule has 0 aliphatic carbocycles. The summed E-state index contributed by atoms with van der Waals surface area (Å²) in [6, 6.07) is 4.32. The molecule has 0 bridgehead atoms. The van der Waals surface area contributed by atoms with Gasteiger partial charge < -0.3 is 4.98 Å². The second-order valence-corrected chi connectivity index (χ2v) is 3.45. The van der Waals surface area contributed by atoms with Crippen LogP contribution in [-0.2, 0) is 0 Å². The number of fused-ring (bicyclic) bond motifs is 1. The molecule has 0 spiro atoms. The van der Waals surface area contributed by atoms with Crippen molar-refractivity contribution < 1.29 is 9.18 Å². The fraction of sp³-hybridized carbons (Fsp3) is 0. The average molecular weight is 242 g/mol. The van der Waals surface area contributed by atoms with Crippen LogP contribution in [0.1, 0.15) is 10.5 Å². The monoisotopic (exact) mass is 241 g/mol. The average Bonchev–Trinajstić information content (AvgIpc) is 2.44. The summed E-state index contributed by atoms with van der Waals surface area (Å²) in [6.45, 7) is 0. The lowest BCUT2D eigenvalue weighted by molar-refractivity contribution is 0.111. The van der Waals surface area contributed by atoms with E-state index in [9.17, 15) is 9.18 Å². The summed E-state index contributed by atoms with van der Waals surface area (Å²) in [7, 11) is 0. The number of aromatic amines is 1. The molecule has 2 nitrogen and oxygen atoms in total. The first-order chi connectivity index (χ1) is 6.22. The summed E-state index contributed by atoms with van der Waals surface area (Å²) in [5.41, 5.74) is 1.18. The molecule has 1 N–H and O–H groups in total. The highest BCUT2D eigenvalue weighted by molar-refractivity contribution is 9.10. The third-order valence-electron chi connectivity index (χ3n) is 1.84. The Labute approximate surface area is 81.9 Å². The molecule has 2 rings (SSSR count). The molecule has 0 saturated heterocycles. The van der Waals surface area contributed by atoms with Gasteiger partial charge in [-0.1, -0.05) is 0 Å². The number of carbonyl (C=O) groups excluding carboxylic acids is 1. The Kier molecular flexibility index (Phi) is 1.92. The molecule has 0 aliphatic rings. The largest absolute Gasteiger partial charge is 0.351 e. The van der Waals surface area contributed by atoms with Crippen LogP contribution in [0.5, 0.6) is 0 Å². The zero-order valence-corrected chi connectivity index (χ0v) is 8.06. The number of nitrogens with one attached hydrogen (secondary N) is 1. The van der Waals surface area contributed by atoms with Gasteiger partial charge in [0.25, 0.3) is 0 Å². The third-order valence-corrected chi connectivity index (χ3v) is 2.70. The van der Waals surface area contributed by atoms with Crippen LogP contribution < -0.4 is 0 Å². The van der Waals surface area contributed by atoms with Crippen LogP contribution in [0, 0.1) is 5.82 Å². The van der Waals surface area contributed by atoms with Gasteiger partial charge in [0.15, 0.2) is 6.29 Å². The van der Waals surface area contributed by atoms with Crippen molar-refractivity contribution in [1.29, 1.82) is 0 Å². The van der Waals surface area contributed by atoms with E-state index < -0.39 is 0 Å². The Morgan fingerprint density at radius 3 is 2.92 bits per heavy atom. The molecule has 0 atom stereocenters. The standard InChI is InChI=1S/C9H5BrFNO/c10-9-6-3-5(11)1-2-7(6)12-8(9)4-13/h1-4,12H. The van der Waals surface area contributed by atoms with Crippen molar-refractivity contribution in [3.05, 3.63) is 34.2 Å². The molecule has 1 aromatic heterocycles. The SMILES string of the molecule is O=Cc1[nH]c2ccc(F)cc2c1Br. The van der Waals surface area contributed by atoms with Crippen LogP contribution in [-0.4, -0.2) is 11.3 Å². The maximum atomic E-state index is 12.8. The van der Waals surface area contributed by atoms with Crippen molar-refractivity contribution in [2.45, 2.75) is 0 Å². The molecule has 0 fully saturated rings. The zero-order valence-electron chi connectivity index (χ0n) is 6.47. The van der Waals surface area contributed by atoms with Gasteiger partial charge in [-0.25, -0.2) is 4.39 Å². The first-order valence-electron chi connectivity index (χ1n) is 3.64. The summed E-state index contributed by atoms with van der Waals surface area (Å²) in [6.07, 6.45) is 0.696. The van der Waals surface area contributed by atoms with E-state index in [2.05, 4.69) is 20.9 Å². The van der Waals surface area contributed by atoms with Gasteiger partial charge in [-0.05, 0) is 34.1 Å². The molecule has 0 amide bonds. The fourth-order valence-electron chi connectivity index (χ4n) is 1.23. The zero-order chi connectivity index (χ0) is 9.42. The minimum absolute atomic E-state index is 0.315. The quantitative estimate of drug-likeness (QED) is 0.766. The molecular formula is C9H5BrFNO. The first-order valence-corrected chi connectivity index (χ1v) is 4.43. The molecule has 0 radical (unpaired) electrons. The summed E-state index contributed by atoms with van der Waals surface area (Å²) >= 11 is 3.22. The van der Waals surface area contributed by atoms with Crippen LogP contribution in [0.25, 0.3) is 10.9 Å². The summed E-state index contributed by atoms with van der Waals surface area (Å²) in [5.74, 6) is -0.315. The number of benzene rings is 1. The van der Waals surface area contributed by atoms with Crippen molar-refractivity contribution in [2.24, 2.45) is 0 Å². The summed E-state index contributed by atoms with van der Waals surface area (Å²) < 4.78 is 13.4. The Morgan fingerprint density at radius 2 is 2.23 bits per heavy atom. The number of carbonyl (C=O) groups is 1. The van der Waals surface area contributed by atoms with Gasteiger partial charge in [-0.2, -0.15) is 0 Å². The van der Waals surface area contributed by atoms with Crippen LogP contribution in [0.4, 0.5) is 4.39 Å². The second-order valence-electron chi connectivity index (χ2n) is 2.66. The van der Waals surface area contributed by atoms with E-state index in [1.165, 1.54) is 12.1 Å². The van der Waals surface area contributed by atoms with Crippen molar-refractivity contribution in [1.82, 2.24) is 4.98 Å².